The number of fused-ring (bicyclic) bond motifs is 2. The van der Waals surface area contributed by atoms with Gasteiger partial charge in [-0.05, 0) is 155 Å². The highest BCUT2D eigenvalue weighted by Crippen LogP contribution is 2.41. The Balaban J connectivity index is 0.000000203. The summed E-state index contributed by atoms with van der Waals surface area (Å²) in [5.41, 5.74) is 3.73. The second kappa shape index (κ2) is 20.4. The van der Waals surface area contributed by atoms with Gasteiger partial charge in [0.15, 0.2) is 11.6 Å². The molecule has 0 heterocycles. The molecule has 6 aromatic carbocycles. The summed E-state index contributed by atoms with van der Waals surface area (Å²) in [6.45, 7) is 4.09. The molecule has 0 bridgehead atoms. The lowest BCUT2D eigenvalue weighted by atomic mass is 9.85. The summed E-state index contributed by atoms with van der Waals surface area (Å²) in [6.07, 6.45) is -1.55. The van der Waals surface area contributed by atoms with E-state index in [2.05, 4.69) is 16.4 Å². The second-order valence-corrected chi connectivity index (χ2v) is 16.3. The molecule has 0 atom stereocenters. The van der Waals surface area contributed by atoms with Crippen LogP contribution in [-0.2, 0) is 25.7 Å². The number of unbranched alkanes of at least 4 members (excludes halogenated alkanes) is 2. The van der Waals surface area contributed by atoms with Gasteiger partial charge in [-0.3, -0.25) is 0 Å². The van der Waals surface area contributed by atoms with E-state index < -0.39 is 76.1 Å². The Kier molecular flexibility index (Phi) is 14.8. The van der Waals surface area contributed by atoms with E-state index in [1.807, 2.05) is 31.2 Å². The summed E-state index contributed by atoms with van der Waals surface area (Å²) in [4.78, 5) is 0. The fourth-order valence-corrected chi connectivity index (χ4v) is 8.41. The number of halogens is 13. The van der Waals surface area contributed by atoms with Crippen LogP contribution >= 0.6 is 0 Å². The van der Waals surface area contributed by atoms with Crippen LogP contribution in [-0.4, -0.2) is 12.7 Å². The molecule has 0 fully saturated rings. The highest BCUT2D eigenvalue weighted by Gasteiger charge is 2.33. The van der Waals surface area contributed by atoms with Crippen LogP contribution in [0.2, 0.25) is 0 Å². The Morgan fingerprint density at radius 2 is 0.956 bits per heavy atom. The van der Waals surface area contributed by atoms with E-state index in [9.17, 15) is 48.3 Å². The van der Waals surface area contributed by atoms with Crippen LogP contribution in [0.25, 0.3) is 45.6 Å². The molecule has 356 valence electrons. The molecule has 0 spiro atoms. The van der Waals surface area contributed by atoms with Gasteiger partial charge in [0.05, 0.1) is 11.1 Å². The molecule has 2 aliphatic carbocycles. The van der Waals surface area contributed by atoms with Gasteiger partial charge in [-0.2, -0.15) is 0 Å². The number of ether oxygens (including phenoxy) is 2. The lowest BCUT2D eigenvalue weighted by Crippen LogP contribution is -2.18. The third-order valence-corrected chi connectivity index (χ3v) is 11.7. The van der Waals surface area contributed by atoms with E-state index >= 15 is 8.78 Å². The zero-order chi connectivity index (χ0) is 49.1. The van der Waals surface area contributed by atoms with Gasteiger partial charge in [0.2, 0.25) is 0 Å². The van der Waals surface area contributed by atoms with Crippen molar-refractivity contribution >= 4 is 23.3 Å². The van der Waals surface area contributed by atoms with Crippen molar-refractivity contribution in [2.45, 2.75) is 84.4 Å². The first-order valence-electron chi connectivity index (χ1n) is 21.7. The molecule has 0 amide bonds. The van der Waals surface area contributed by atoms with Crippen LogP contribution in [0.5, 0.6) is 11.5 Å². The average Bonchev–Trinajstić information content (AvgIpc) is 3.27. The number of aryl methyl sites for hydroxylation is 2. The van der Waals surface area contributed by atoms with Gasteiger partial charge in [0, 0.05) is 5.56 Å². The normalized spacial score (nSPS) is 13.5. The standard InChI is InChI=1S/C28H23F7O.C25H18F6O/c1-2-3-4-5-16-12-22(29)25(23(30)13-16)18-8-11-21-19(14-18)15-24(31)26(27(21)32)17-6-9-20(10-7-17)36-28(33,34)35;1-2-14-3-5-15(6-4-14)16-7-9-19-18(11-16)13-21(27)23(24(19)28)17-8-10-22(20(26)12-17)32-25(29,30)31/h6-7,9-10,12-15H,2-5,8,11H2,1H3;3-6,8,10-13H,2,7,9H2,1H3. The maximum Gasteiger partial charge on any atom is 0.573 e. The van der Waals surface area contributed by atoms with Crippen molar-refractivity contribution in [3.8, 4) is 33.8 Å². The second-order valence-electron chi connectivity index (χ2n) is 16.3. The first kappa shape index (κ1) is 49.4. The van der Waals surface area contributed by atoms with Crippen molar-refractivity contribution in [1.29, 1.82) is 0 Å². The molecule has 68 heavy (non-hydrogen) atoms. The van der Waals surface area contributed by atoms with Crippen molar-refractivity contribution < 1.29 is 66.5 Å². The number of hydrogen-bond donors (Lipinski definition) is 0. The quantitative estimate of drug-likeness (QED) is 0.0952. The Bertz CT molecular complexity index is 2850. The summed E-state index contributed by atoms with van der Waals surface area (Å²) in [7, 11) is 0. The van der Waals surface area contributed by atoms with E-state index in [1.165, 1.54) is 29.8 Å². The topological polar surface area (TPSA) is 18.5 Å². The molecule has 0 aromatic heterocycles. The minimum absolute atomic E-state index is 0.0350. The van der Waals surface area contributed by atoms with Gasteiger partial charge in [-0.25, -0.2) is 30.7 Å². The highest BCUT2D eigenvalue weighted by atomic mass is 19.4. The minimum atomic E-state index is -5.08. The highest BCUT2D eigenvalue weighted by molar-refractivity contribution is 5.87. The first-order valence-corrected chi connectivity index (χ1v) is 21.7. The van der Waals surface area contributed by atoms with Crippen molar-refractivity contribution in [2.75, 3.05) is 0 Å². The fourth-order valence-electron chi connectivity index (χ4n) is 8.41. The first-order chi connectivity index (χ1) is 32.2. The molecule has 0 saturated heterocycles. The number of hydrogen-bond acceptors (Lipinski definition) is 2. The smallest absolute Gasteiger partial charge is 0.406 e. The third kappa shape index (κ3) is 11.4. The molecule has 2 nitrogen and oxygen atoms in total. The summed E-state index contributed by atoms with van der Waals surface area (Å²) < 4.78 is 186. The monoisotopic (exact) mass is 956 g/mol. The molecule has 0 N–H and O–H groups in total. The van der Waals surface area contributed by atoms with Gasteiger partial charge < -0.3 is 9.47 Å². The van der Waals surface area contributed by atoms with Crippen LogP contribution in [0.1, 0.15) is 90.5 Å². The predicted molar refractivity (Wildman–Crippen MR) is 235 cm³/mol. The molecular formula is C53H41F13O2. The van der Waals surface area contributed by atoms with E-state index in [1.54, 1.807) is 6.08 Å². The summed E-state index contributed by atoms with van der Waals surface area (Å²) in [5.74, 6) is -7.96. The maximum absolute atomic E-state index is 15.3. The average molecular weight is 957 g/mol. The van der Waals surface area contributed by atoms with Crippen molar-refractivity contribution in [2.24, 2.45) is 0 Å². The maximum atomic E-state index is 15.3. The number of allylic oxidation sites excluding steroid dienone is 2. The SMILES string of the molecule is CCCCCc1cc(F)c(C2=Cc3cc(F)c(-c4ccc(OC(F)(F)F)cc4)c(F)c3CC2)c(F)c1.CCc1ccc(C2=Cc3cc(F)c(-c4ccc(OC(F)(F)F)c(F)c4)c(F)c3CC2)cc1. The van der Waals surface area contributed by atoms with Gasteiger partial charge in [0.25, 0.3) is 0 Å². The van der Waals surface area contributed by atoms with Crippen LogP contribution in [0, 0.1) is 40.7 Å². The summed E-state index contributed by atoms with van der Waals surface area (Å²) in [6, 6.07) is 19.4. The Morgan fingerprint density at radius 3 is 1.49 bits per heavy atom. The molecule has 8 rings (SSSR count). The van der Waals surface area contributed by atoms with Gasteiger partial charge in [-0.1, -0.05) is 81.3 Å². The molecule has 15 heteroatoms. The lowest BCUT2D eigenvalue weighted by molar-refractivity contribution is -0.276. The minimum Gasteiger partial charge on any atom is -0.406 e. The largest absolute Gasteiger partial charge is 0.573 e. The number of rotatable bonds is 11. The Labute approximate surface area is 383 Å². The van der Waals surface area contributed by atoms with Crippen LogP contribution in [0.3, 0.4) is 0 Å². The molecule has 0 radical (unpaired) electrons. The fraction of sp³-hybridized carbons (Fsp3) is 0.245. The Morgan fingerprint density at radius 1 is 0.456 bits per heavy atom. The van der Waals surface area contributed by atoms with Gasteiger partial charge in [-0.15, -0.1) is 26.3 Å². The molecular weight excluding hydrogens is 916 g/mol. The molecule has 0 aliphatic heterocycles. The predicted octanol–water partition coefficient (Wildman–Crippen LogP) is 16.7. The van der Waals surface area contributed by atoms with Crippen LogP contribution < -0.4 is 9.47 Å². The van der Waals surface area contributed by atoms with Gasteiger partial charge in [0.1, 0.15) is 40.7 Å². The summed E-state index contributed by atoms with van der Waals surface area (Å²) >= 11 is 0. The van der Waals surface area contributed by atoms with Crippen molar-refractivity contribution in [1.82, 2.24) is 0 Å². The molecule has 0 unspecified atom stereocenters. The van der Waals surface area contributed by atoms with E-state index in [0.717, 1.165) is 73.2 Å². The van der Waals surface area contributed by atoms with E-state index in [-0.39, 0.29) is 46.2 Å². The number of benzene rings is 6. The zero-order valence-corrected chi connectivity index (χ0v) is 36.4. The Hall–Kier alpha value is -6.51. The molecule has 2 aliphatic rings. The molecule has 6 aromatic rings. The van der Waals surface area contributed by atoms with Crippen LogP contribution in [0.15, 0.2) is 91.0 Å². The molecule has 0 saturated carbocycles. The zero-order valence-electron chi connectivity index (χ0n) is 36.4. The van der Waals surface area contributed by atoms with Crippen molar-refractivity contribution in [3.63, 3.8) is 0 Å². The lowest BCUT2D eigenvalue weighted by Gasteiger charge is -2.21. The van der Waals surface area contributed by atoms with E-state index in [0.29, 0.717) is 48.1 Å². The van der Waals surface area contributed by atoms with Gasteiger partial charge >= 0.3 is 12.7 Å². The van der Waals surface area contributed by atoms with Crippen molar-refractivity contribution in [3.05, 3.63) is 176 Å². The summed E-state index contributed by atoms with van der Waals surface area (Å²) in [5, 5.41) is 0. The van der Waals surface area contributed by atoms with E-state index in [4.69, 9.17) is 0 Å². The third-order valence-electron chi connectivity index (χ3n) is 11.7. The van der Waals surface area contributed by atoms with Crippen LogP contribution in [0.4, 0.5) is 57.1 Å². The number of alkyl halides is 6.